The van der Waals surface area contributed by atoms with Crippen molar-refractivity contribution in [2.24, 2.45) is 0 Å². The molecule has 1 aromatic rings. The second-order valence-corrected chi connectivity index (χ2v) is 4.45. The van der Waals surface area contributed by atoms with Gasteiger partial charge in [0.25, 0.3) is 0 Å². The monoisotopic (exact) mass is 224 g/mol. The smallest absolute Gasteiger partial charge is 0.131 e. The summed E-state index contributed by atoms with van der Waals surface area (Å²) in [6.45, 7) is 3.25. The summed E-state index contributed by atoms with van der Waals surface area (Å²) >= 11 is 5.91. The van der Waals surface area contributed by atoms with Gasteiger partial charge in [0.05, 0.1) is 0 Å². The molecular formula is C12H17ClN2. The minimum atomic E-state index is 0.587. The molecule has 1 aliphatic rings. The van der Waals surface area contributed by atoms with Crippen molar-refractivity contribution in [2.45, 2.75) is 38.6 Å². The van der Waals surface area contributed by atoms with Crippen LogP contribution in [-0.4, -0.2) is 17.6 Å². The number of aromatic nitrogens is 1. The van der Waals surface area contributed by atoms with Crippen LogP contribution in [0.25, 0.3) is 0 Å². The largest absolute Gasteiger partial charge is 0.369 e. The number of halogens is 1. The molecule has 0 aromatic carbocycles. The van der Waals surface area contributed by atoms with Crippen molar-refractivity contribution in [1.29, 1.82) is 0 Å². The van der Waals surface area contributed by atoms with E-state index in [1.165, 1.54) is 31.4 Å². The Labute approximate surface area is 96.3 Å². The van der Waals surface area contributed by atoms with E-state index in [1.54, 1.807) is 6.20 Å². The first kappa shape index (κ1) is 10.7. The van der Waals surface area contributed by atoms with Gasteiger partial charge in [-0.05, 0) is 31.9 Å². The van der Waals surface area contributed by atoms with E-state index in [2.05, 4.69) is 16.8 Å². The maximum atomic E-state index is 5.91. The molecule has 2 rings (SSSR count). The van der Waals surface area contributed by atoms with Gasteiger partial charge in [0.15, 0.2) is 0 Å². The van der Waals surface area contributed by atoms with E-state index in [-0.39, 0.29) is 0 Å². The van der Waals surface area contributed by atoms with Gasteiger partial charge in [-0.2, -0.15) is 0 Å². The van der Waals surface area contributed by atoms with Gasteiger partial charge in [0.2, 0.25) is 0 Å². The van der Waals surface area contributed by atoms with E-state index in [1.807, 2.05) is 12.1 Å². The highest BCUT2D eigenvalue weighted by atomic mass is 35.5. The normalized spacial score (nSPS) is 16.9. The average Bonchev–Trinajstić information content (AvgIpc) is 2.72. The second kappa shape index (κ2) is 4.84. The van der Waals surface area contributed by atoms with Gasteiger partial charge in [0, 0.05) is 24.5 Å². The standard InChI is InChI=1S/C12H17ClN2/c1-2-15(10-5-3-4-6-10)11-7-8-14-12(13)9-11/h7-10H,2-6H2,1H3. The summed E-state index contributed by atoms with van der Waals surface area (Å²) in [6.07, 6.45) is 7.14. The Bertz CT molecular complexity index is 321. The fourth-order valence-corrected chi connectivity index (χ4v) is 2.61. The molecule has 2 nitrogen and oxygen atoms in total. The molecule has 3 heteroatoms. The first-order chi connectivity index (χ1) is 7.31. The Morgan fingerprint density at radius 2 is 2.20 bits per heavy atom. The van der Waals surface area contributed by atoms with Crippen molar-refractivity contribution in [3.8, 4) is 0 Å². The summed E-state index contributed by atoms with van der Waals surface area (Å²) in [5.74, 6) is 0. The van der Waals surface area contributed by atoms with Crippen LogP contribution >= 0.6 is 11.6 Å². The van der Waals surface area contributed by atoms with Crippen LogP contribution < -0.4 is 4.90 Å². The van der Waals surface area contributed by atoms with Gasteiger partial charge in [-0.1, -0.05) is 24.4 Å². The third-order valence-corrected chi connectivity index (χ3v) is 3.35. The average molecular weight is 225 g/mol. The molecular weight excluding hydrogens is 208 g/mol. The van der Waals surface area contributed by atoms with Crippen molar-refractivity contribution in [3.63, 3.8) is 0 Å². The van der Waals surface area contributed by atoms with Gasteiger partial charge in [-0.15, -0.1) is 0 Å². The van der Waals surface area contributed by atoms with Gasteiger partial charge in [0.1, 0.15) is 5.15 Å². The topological polar surface area (TPSA) is 16.1 Å². The molecule has 82 valence electrons. The van der Waals surface area contributed by atoms with Crippen molar-refractivity contribution < 1.29 is 0 Å². The number of hydrogen-bond donors (Lipinski definition) is 0. The molecule has 0 saturated heterocycles. The van der Waals surface area contributed by atoms with Crippen LogP contribution in [0, 0.1) is 0 Å². The SMILES string of the molecule is CCN(c1ccnc(Cl)c1)C1CCCC1. The minimum Gasteiger partial charge on any atom is -0.369 e. The Kier molecular flexibility index (Phi) is 3.47. The summed E-state index contributed by atoms with van der Waals surface area (Å²) in [5, 5.41) is 0.587. The minimum absolute atomic E-state index is 0.587. The Hall–Kier alpha value is -0.760. The molecule has 1 aliphatic carbocycles. The third kappa shape index (κ3) is 2.43. The fourth-order valence-electron chi connectivity index (χ4n) is 2.44. The lowest BCUT2D eigenvalue weighted by molar-refractivity contribution is 0.619. The Balaban J connectivity index is 2.18. The Morgan fingerprint density at radius 3 is 2.80 bits per heavy atom. The van der Waals surface area contributed by atoms with E-state index in [0.717, 1.165) is 6.54 Å². The zero-order chi connectivity index (χ0) is 10.7. The number of pyridine rings is 1. The van der Waals surface area contributed by atoms with Crippen molar-refractivity contribution >= 4 is 17.3 Å². The zero-order valence-electron chi connectivity index (χ0n) is 9.12. The van der Waals surface area contributed by atoms with Crippen molar-refractivity contribution in [1.82, 2.24) is 4.98 Å². The lowest BCUT2D eigenvalue weighted by atomic mass is 10.2. The lowest BCUT2D eigenvalue weighted by Crippen LogP contribution is -2.32. The number of hydrogen-bond acceptors (Lipinski definition) is 2. The van der Waals surface area contributed by atoms with Crippen LogP contribution in [0.4, 0.5) is 5.69 Å². The lowest BCUT2D eigenvalue weighted by Gasteiger charge is -2.29. The summed E-state index contributed by atoms with van der Waals surface area (Å²) in [7, 11) is 0. The number of anilines is 1. The molecule has 0 unspecified atom stereocenters. The first-order valence-corrected chi connectivity index (χ1v) is 6.07. The van der Waals surface area contributed by atoms with Crippen molar-refractivity contribution in [3.05, 3.63) is 23.5 Å². The maximum absolute atomic E-state index is 5.91. The van der Waals surface area contributed by atoms with Gasteiger partial charge >= 0.3 is 0 Å². The van der Waals surface area contributed by atoms with E-state index in [9.17, 15) is 0 Å². The molecule has 0 amide bonds. The van der Waals surface area contributed by atoms with Crippen molar-refractivity contribution in [2.75, 3.05) is 11.4 Å². The van der Waals surface area contributed by atoms with Gasteiger partial charge in [-0.25, -0.2) is 4.98 Å². The highest BCUT2D eigenvalue weighted by Gasteiger charge is 2.21. The predicted molar refractivity (Wildman–Crippen MR) is 64.5 cm³/mol. The molecule has 0 bridgehead atoms. The zero-order valence-corrected chi connectivity index (χ0v) is 9.87. The number of rotatable bonds is 3. The van der Waals surface area contributed by atoms with Gasteiger partial charge in [-0.3, -0.25) is 0 Å². The number of nitrogens with zero attached hydrogens (tertiary/aromatic N) is 2. The van der Waals surface area contributed by atoms with E-state index < -0.39 is 0 Å². The molecule has 1 aromatic heterocycles. The van der Waals surface area contributed by atoms with Crippen LogP contribution in [0.3, 0.4) is 0 Å². The van der Waals surface area contributed by atoms with Crippen LogP contribution in [0.15, 0.2) is 18.3 Å². The molecule has 0 radical (unpaired) electrons. The summed E-state index contributed by atoms with van der Waals surface area (Å²) in [5.41, 5.74) is 1.21. The van der Waals surface area contributed by atoms with Crippen LogP contribution in [-0.2, 0) is 0 Å². The van der Waals surface area contributed by atoms with E-state index in [0.29, 0.717) is 11.2 Å². The quantitative estimate of drug-likeness (QED) is 0.731. The van der Waals surface area contributed by atoms with Crippen LogP contribution in [0.2, 0.25) is 5.15 Å². The molecule has 0 spiro atoms. The van der Waals surface area contributed by atoms with Crippen LogP contribution in [0.1, 0.15) is 32.6 Å². The highest BCUT2D eigenvalue weighted by Crippen LogP contribution is 2.28. The molecule has 1 heterocycles. The fraction of sp³-hybridized carbons (Fsp3) is 0.583. The predicted octanol–water partition coefficient (Wildman–Crippen LogP) is 3.50. The van der Waals surface area contributed by atoms with E-state index in [4.69, 9.17) is 11.6 Å². The molecule has 0 N–H and O–H groups in total. The molecule has 1 fully saturated rings. The molecule has 15 heavy (non-hydrogen) atoms. The molecule has 0 atom stereocenters. The van der Waals surface area contributed by atoms with Gasteiger partial charge < -0.3 is 4.90 Å². The van der Waals surface area contributed by atoms with Crippen LogP contribution in [0.5, 0.6) is 0 Å². The second-order valence-electron chi connectivity index (χ2n) is 4.06. The maximum Gasteiger partial charge on any atom is 0.131 e. The summed E-state index contributed by atoms with van der Waals surface area (Å²) < 4.78 is 0. The first-order valence-electron chi connectivity index (χ1n) is 5.69. The summed E-state index contributed by atoms with van der Waals surface area (Å²) in [4.78, 5) is 6.47. The summed E-state index contributed by atoms with van der Waals surface area (Å²) in [6, 6.07) is 4.71. The highest BCUT2D eigenvalue weighted by molar-refractivity contribution is 6.29. The Morgan fingerprint density at radius 1 is 1.47 bits per heavy atom. The molecule has 0 aliphatic heterocycles. The third-order valence-electron chi connectivity index (χ3n) is 3.15. The molecule has 1 saturated carbocycles. The van der Waals surface area contributed by atoms with E-state index >= 15 is 0 Å².